The van der Waals surface area contributed by atoms with E-state index in [1.165, 1.54) is 0 Å². The van der Waals surface area contributed by atoms with Crippen LogP contribution in [0, 0.1) is 0 Å². The molecule has 2 atom stereocenters. The monoisotopic (exact) mass is 253 g/mol. The quantitative estimate of drug-likeness (QED) is 0.619. The summed E-state index contributed by atoms with van der Waals surface area (Å²) in [5.41, 5.74) is 6.17. The number of hydrogen-bond donors (Lipinski definition) is 3. The normalized spacial score (nSPS) is 14.2. The lowest BCUT2D eigenvalue weighted by Crippen LogP contribution is -2.15. The number of aliphatic hydroxyl groups is 2. The van der Waals surface area contributed by atoms with E-state index in [0.29, 0.717) is 25.1 Å². The van der Waals surface area contributed by atoms with Crippen LogP contribution in [0.4, 0.5) is 0 Å². The first-order valence-electron chi connectivity index (χ1n) is 6.50. The summed E-state index contributed by atoms with van der Waals surface area (Å²) >= 11 is 0. The predicted molar refractivity (Wildman–Crippen MR) is 71.2 cm³/mol. The SMILES string of the molecule is CCCCC(O)Oc1cccc(C(O)CCN)c1. The van der Waals surface area contributed by atoms with Crippen molar-refractivity contribution in [3.8, 4) is 5.75 Å². The Balaban J connectivity index is 2.58. The van der Waals surface area contributed by atoms with Gasteiger partial charge >= 0.3 is 0 Å². The van der Waals surface area contributed by atoms with E-state index in [1.807, 2.05) is 6.07 Å². The summed E-state index contributed by atoms with van der Waals surface area (Å²) in [7, 11) is 0. The van der Waals surface area contributed by atoms with Crippen LogP contribution in [0.5, 0.6) is 5.75 Å². The van der Waals surface area contributed by atoms with Crippen molar-refractivity contribution in [3.63, 3.8) is 0 Å². The van der Waals surface area contributed by atoms with Crippen molar-refractivity contribution in [2.75, 3.05) is 6.54 Å². The molecule has 0 aliphatic carbocycles. The van der Waals surface area contributed by atoms with E-state index in [0.717, 1.165) is 18.4 Å². The van der Waals surface area contributed by atoms with E-state index < -0.39 is 12.4 Å². The molecule has 18 heavy (non-hydrogen) atoms. The third-order valence-corrected chi connectivity index (χ3v) is 2.76. The molecular formula is C14H23NO3. The molecule has 0 saturated carbocycles. The van der Waals surface area contributed by atoms with Crippen molar-refractivity contribution in [1.29, 1.82) is 0 Å². The Labute approximate surface area is 108 Å². The summed E-state index contributed by atoms with van der Waals surface area (Å²) in [5, 5.41) is 19.5. The third-order valence-electron chi connectivity index (χ3n) is 2.76. The molecule has 0 amide bonds. The highest BCUT2D eigenvalue weighted by atomic mass is 16.6. The Morgan fingerprint density at radius 2 is 2.06 bits per heavy atom. The molecule has 2 unspecified atom stereocenters. The van der Waals surface area contributed by atoms with E-state index in [1.54, 1.807) is 18.2 Å². The summed E-state index contributed by atoms with van der Waals surface area (Å²) in [6, 6.07) is 7.14. The Morgan fingerprint density at radius 3 is 2.72 bits per heavy atom. The summed E-state index contributed by atoms with van der Waals surface area (Å²) < 4.78 is 5.40. The first kappa shape index (κ1) is 15.0. The molecule has 0 radical (unpaired) electrons. The molecule has 1 aromatic rings. The molecule has 0 heterocycles. The lowest BCUT2D eigenvalue weighted by molar-refractivity contribution is -0.0244. The third kappa shape index (κ3) is 5.04. The Kier molecular flexibility index (Phi) is 6.72. The Bertz CT molecular complexity index is 344. The number of aliphatic hydroxyl groups excluding tert-OH is 2. The molecule has 0 bridgehead atoms. The van der Waals surface area contributed by atoms with Gasteiger partial charge in [0.1, 0.15) is 5.75 Å². The maximum absolute atomic E-state index is 9.82. The van der Waals surface area contributed by atoms with Gasteiger partial charge in [-0.1, -0.05) is 25.5 Å². The van der Waals surface area contributed by atoms with E-state index in [9.17, 15) is 10.2 Å². The number of nitrogens with two attached hydrogens (primary N) is 1. The van der Waals surface area contributed by atoms with Crippen LogP contribution in [-0.2, 0) is 0 Å². The van der Waals surface area contributed by atoms with Crippen molar-refractivity contribution in [2.24, 2.45) is 5.73 Å². The summed E-state index contributed by atoms with van der Waals surface area (Å²) in [5.74, 6) is 0.576. The predicted octanol–water partition coefficient (Wildman–Crippen LogP) is 1.96. The summed E-state index contributed by atoms with van der Waals surface area (Å²) in [6.45, 7) is 2.50. The highest BCUT2D eigenvalue weighted by Gasteiger charge is 2.09. The maximum Gasteiger partial charge on any atom is 0.197 e. The van der Waals surface area contributed by atoms with Gasteiger partial charge in [-0.05, 0) is 37.1 Å². The van der Waals surface area contributed by atoms with E-state index in [2.05, 4.69) is 6.92 Å². The second-order valence-electron chi connectivity index (χ2n) is 4.38. The second-order valence-corrected chi connectivity index (χ2v) is 4.38. The van der Waals surface area contributed by atoms with Crippen molar-refractivity contribution >= 4 is 0 Å². The number of benzene rings is 1. The van der Waals surface area contributed by atoms with Crippen LogP contribution in [0.2, 0.25) is 0 Å². The molecule has 4 N–H and O–H groups in total. The molecule has 102 valence electrons. The number of hydrogen-bond acceptors (Lipinski definition) is 4. The zero-order chi connectivity index (χ0) is 13.4. The fourth-order valence-corrected chi connectivity index (χ4v) is 1.71. The standard InChI is InChI=1S/C14H23NO3/c1-2-3-7-14(17)18-12-6-4-5-11(10-12)13(16)8-9-15/h4-6,10,13-14,16-17H,2-3,7-9,15H2,1H3. The van der Waals surface area contributed by atoms with Gasteiger partial charge in [-0.3, -0.25) is 0 Å². The summed E-state index contributed by atoms with van der Waals surface area (Å²) in [4.78, 5) is 0. The zero-order valence-electron chi connectivity index (χ0n) is 10.9. The van der Waals surface area contributed by atoms with Gasteiger partial charge in [0.2, 0.25) is 0 Å². The lowest BCUT2D eigenvalue weighted by Gasteiger charge is -2.15. The second kappa shape index (κ2) is 8.08. The van der Waals surface area contributed by atoms with Crippen LogP contribution in [0.3, 0.4) is 0 Å². The van der Waals surface area contributed by atoms with Gasteiger partial charge in [-0.2, -0.15) is 0 Å². The van der Waals surface area contributed by atoms with Crippen LogP contribution in [-0.4, -0.2) is 23.0 Å². The van der Waals surface area contributed by atoms with Crippen LogP contribution in [0.1, 0.15) is 44.3 Å². The first-order chi connectivity index (χ1) is 8.67. The molecule has 0 spiro atoms. The molecule has 0 aliphatic rings. The van der Waals surface area contributed by atoms with Gasteiger partial charge in [-0.25, -0.2) is 0 Å². The fraction of sp³-hybridized carbons (Fsp3) is 0.571. The van der Waals surface area contributed by atoms with Gasteiger partial charge in [0.15, 0.2) is 6.29 Å². The molecule has 0 aromatic heterocycles. The minimum atomic E-state index is -0.785. The molecule has 1 rings (SSSR count). The van der Waals surface area contributed by atoms with Gasteiger partial charge < -0.3 is 20.7 Å². The Morgan fingerprint density at radius 1 is 1.28 bits per heavy atom. The lowest BCUT2D eigenvalue weighted by atomic mass is 10.1. The van der Waals surface area contributed by atoms with Crippen LogP contribution >= 0.6 is 0 Å². The molecular weight excluding hydrogens is 230 g/mol. The fourth-order valence-electron chi connectivity index (χ4n) is 1.71. The number of unbranched alkanes of at least 4 members (excludes halogenated alkanes) is 1. The van der Waals surface area contributed by atoms with Crippen LogP contribution in [0.15, 0.2) is 24.3 Å². The average Bonchev–Trinajstić information content (AvgIpc) is 2.37. The van der Waals surface area contributed by atoms with E-state index >= 15 is 0 Å². The van der Waals surface area contributed by atoms with E-state index in [-0.39, 0.29) is 0 Å². The Hall–Kier alpha value is -1.10. The van der Waals surface area contributed by atoms with Gasteiger partial charge in [0.05, 0.1) is 6.10 Å². The highest BCUT2D eigenvalue weighted by Crippen LogP contribution is 2.22. The smallest absolute Gasteiger partial charge is 0.197 e. The molecule has 0 aliphatic heterocycles. The number of ether oxygens (including phenoxy) is 1. The minimum Gasteiger partial charge on any atom is -0.465 e. The molecule has 0 saturated heterocycles. The average molecular weight is 253 g/mol. The number of rotatable bonds is 8. The van der Waals surface area contributed by atoms with Crippen molar-refractivity contribution in [2.45, 2.75) is 45.0 Å². The van der Waals surface area contributed by atoms with Crippen molar-refractivity contribution < 1.29 is 14.9 Å². The highest BCUT2D eigenvalue weighted by molar-refractivity contribution is 5.30. The zero-order valence-corrected chi connectivity index (χ0v) is 10.9. The summed E-state index contributed by atoms with van der Waals surface area (Å²) in [6.07, 6.45) is 1.72. The maximum atomic E-state index is 9.82. The van der Waals surface area contributed by atoms with Crippen LogP contribution < -0.4 is 10.5 Å². The van der Waals surface area contributed by atoms with Crippen molar-refractivity contribution in [1.82, 2.24) is 0 Å². The first-order valence-corrected chi connectivity index (χ1v) is 6.50. The van der Waals surface area contributed by atoms with Gasteiger partial charge in [0, 0.05) is 6.42 Å². The van der Waals surface area contributed by atoms with Gasteiger partial charge in [-0.15, -0.1) is 0 Å². The molecule has 4 heteroatoms. The van der Waals surface area contributed by atoms with Gasteiger partial charge in [0.25, 0.3) is 0 Å². The minimum absolute atomic E-state index is 0.436. The molecule has 4 nitrogen and oxygen atoms in total. The topological polar surface area (TPSA) is 75.7 Å². The largest absolute Gasteiger partial charge is 0.465 e. The van der Waals surface area contributed by atoms with Crippen molar-refractivity contribution in [3.05, 3.63) is 29.8 Å². The molecule has 0 fully saturated rings. The van der Waals surface area contributed by atoms with E-state index in [4.69, 9.17) is 10.5 Å². The molecule has 1 aromatic carbocycles. The van der Waals surface area contributed by atoms with Crippen LogP contribution in [0.25, 0.3) is 0 Å².